The summed E-state index contributed by atoms with van der Waals surface area (Å²) in [5, 5.41) is 10.2. The predicted molar refractivity (Wildman–Crippen MR) is 94.7 cm³/mol. The van der Waals surface area contributed by atoms with Gasteiger partial charge in [-0.15, -0.1) is 0 Å². The number of hydrogen-bond acceptors (Lipinski definition) is 10. The maximum atomic E-state index is 13.6. The normalized spacial score (nSPS) is 28.8. The molecule has 1 aliphatic heterocycles. The molecule has 0 spiro atoms. The Balaban J connectivity index is 2.09. The number of hydrogen-bond donors (Lipinski definition) is 6. The number of aliphatic hydroxyl groups excluding tert-OH is 1. The van der Waals surface area contributed by atoms with E-state index < -0.39 is 65.8 Å². The SMILES string of the molecule is C[C@H]1C(O)[C@@H](COP(=O)(O)OP(=O)(O)OP(=O)(O)O)O[C@H]1n1cc(F)c(=O)[nH]c1=S. The largest absolute Gasteiger partial charge is 0.490 e. The van der Waals surface area contributed by atoms with E-state index in [1.54, 1.807) is 0 Å². The second kappa shape index (κ2) is 9.08. The van der Waals surface area contributed by atoms with Crippen LogP contribution in [-0.4, -0.2) is 53.0 Å². The van der Waals surface area contributed by atoms with Crippen molar-refractivity contribution in [2.24, 2.45) is 5.92 Å². The highest BCUT2D eigenvalue weighted by molar-refractivity contribution is 7.71. The van der Waals surface area contributed by atoms with Crippen LogP contribution in [0.3, 0.4) is 0 Å². The molecule has 6 N–H and O–H groups in total. The molecule has 2 rings (SSSR count). The summed E-state index contributed by atoms with van der Waals surface area (Å²) in [7, 11) is -16.7. The summed E-state index contributed by atoms with van der Waals surface area (Å²) in [6.45, 7) is 0.538. The molecule has 20 heteroatoms. The molecule has 1 aliphatic rings. The Labute approximate surface area is 171 Å². The summed E-state index contributed by atoms with van der Waals surface area (Å²) in [4.78, 5) is 48.8. The molecule has 1 saturated heterocycles. The average molecular weight is 516 g/mol. The van der Waals surface area contributed by atoms with Gasteiger partial charge < -0.3 is 29.4 Å². The molecule has 15 nitrogen and oxygen atoms in total. The Hall–Kier alpha value is -0.640. The van der Waals surface area contributed by atoms with E-state index in [4.69, 9.17) is 31.6 Å². The van der Waals surface area contributed by atoms with Gasteiger partial charge in [-0.3, -0.25) is 18.9 Å². The summed E-state index contributed by atoms with van der Waals surface area (Å²) in [6.07, 6.45) is -3.13. The molecular weight excluding hydrogens is 500 g/mol. The van der Waals surface area contributed by atoms with Crippen molar-refractivity contribution < 1.29 is 60.6 Å². The van der Waals surface area contributed by atoms with E-state index in [2.05, 4.69) is 13.1 Å². The molecule has 30 heavy (non-hydrogen) atoms. The predicted octanol–water partition coefficient (Wildman–Crippen LogP) is 0.283. The van der Waals surface area contributed by atoms with Gasteiger partial charge in [0, 0.05) is 5.92 Å². The highest BCUT2D eigenvalue weighted by Gasteiger charge is 2.45. The van der Waals surface area contributed by atoms with E-state index in [1.165, 1.54) is 6.92 Å². The first-order chi connectivity index (χ1) is 13.5. The van der Waals surface area contributed by atoms with Crippen molar-refractivity contribution in [2.45, 2.75) is 25.4 Å². The molecule has 0 aliphatic carbocycles. The summed E-state index contributed by atoms with van der Waals surface area (Å²) in [5.74, 6) is -1.98. The molecule has 6 atom stereocenters. The number of aromatic amines is 1. The van der Waals surface area contributed by atoms with Gasteiger partial charge in [-0.2, -0.15) is 13.0 Å². The van der Waals surface area contributed by atoms with Crippen LogP contribution in [0.4, 0.5) is 4.39 Å². The number of rotatable bonds is 8. The Morgan fingerprint density at radius 2 is 1.83 bits per heavy atom. The van der Waals surface area contributed by atoms with Gasteiger partial charge in [0.25, 0.3) is 5.56 Å². The smallest absolute Gasteiger partial charge is 0.390 e. The molecular formula is C10H16FN2O13P3S. The van der Waals surface area contributed by atoms with Crippen molar-refractivity contribution in [3.63, 3.8) is 0 Å². The number of phosphoric acid groups is 3. The van der Waals surface area contributed by atoms with Gasteiger partial charge in [0.05, 0.1) is 18.9 Å². The lowest BCUT2D eigenvalue weighted by Crippen LogP contribution is -2.29. The van der Waals surface area contributed by atoms with Gasteiger partial charge in [-0.1, -0.05) is 6.92 Å². The second-order valence-corrected chi connectivity index (χ2v) is 10.8. The summed E-state index contributed by atoms with van der Waals surface area (Å²) < 4.78 is 64.9. The van der Waals surface area contributed by atoms with Gasteiger partial charge in [0.15, 0.2) is 4.77 Å². The first-order valence-corrected chi connectivity index (χ1v) is 12.6. The number of aromatic nitrogens is 2. The minimum Gasteiger partial charge on any atom is -0.390 e. The summed E-state index contributed by atoms with van der Waals surface area (Å²) in [5.41, 5.74) is -1.08. The third-order valence-corrected chi connectivity index (χ3v) is 7.82. The third kappa shape index (κ3) is 6.68. The Morgan fingerprint density at radius 1 is 1.23 bits per heavy atom. The van der Waals surface area contributed by atoms with E-state index in [0.717, 1.165) is 10.8 Å². The van der Waals surface area contributed by atoms with Crippen molar-refractivity contribution >= 4 is 35.7 Å². The Bertz CT molecular complexity index is 1050. The maximum Gasteiger partial charge on any atom is 0.490 e. The molecule has 0 amide bonds. The monoisotopic (exact) mass is 516 g/mol. The fourth-order valence-electron chi connectivity index (χ4n) is 2.47. The van der Waals surface area contributed by atoms with Crippen LogP contribution in [0.1, 0.15) is 13.2 Å². The number of nitrogens with one attached hydrogen (secondary N) is 1. The molecule has 0 saturated carbocycles. The highest BCUT2D eigenvalue weighted by Crippen LogP contribution is 2.66. The van der Waals surface area contributed by atoms with Crippen molar-refractivity contribution in [2.75, 3.05) is 6.61 Å². The van der Waals surface area contributed by atoms with E-state index >= 15 is 0 Å². The van der Waals surface area contributed by atoms with Crippen LogP contribution >= 0.6 is 35.7 Å². The number of nitrogens with zero attached hydrogens (tertiary/aromatic N) is 1. The van der Waals surface area contributed by atoms with Crippen LogP contribution in [0.5, 0.6) is 0 Å². The van der Waals surface area contributed by atoms with Crippen LogP contribution in [0, 0.1) is 16.5 Å². The van der Waals surface area contributed by atoms with E-state index in [9.17, 15) is 32.9 Å². The minimum absolute atomic E-state index is 0.237. The molecule has 0 bridgehead atoms. The number of aliphatic hydroxyl groups is 1. The molecule has 2 heterocycles. The Morgan fingerprint density at radius 3 is 2.40 bits per heavy atom. The molecule has 1 aromatic rings. The quantitative estimate of drug-likeness (QED) is 0.202. The van der Waals surface area contributed by atoms with Gasteiger partial charge in [0.2, 0.25) is 5.82 Å². The van der Waals surface area contributed by atoms with E-state index in [1.807, 2.05) is 4.98 Å². The number of H-pyrrole nitrogens is 1. The topological polar surface area (TPSA) is 227 Å². The number of ether oxygens (including phenoxy) is 1. The number of phosphoric ester groups is 1. The molecule has 0 aromatic carbocycles. The first kappa shape index (κ1) is 25.6. The zero-order chi connectivity index (χ0) is 23.1. The molecule has 1 aromatic heterocycles. The van der Waals surface area contributed by atoms with Gasteiger partial charge in [-0.25, -0.2) is 13.7 Å². The molecule has 1 fully saturated rings. The maximum absolute atomic E-state index is 13.6. The Kier molecular flexibility index (Phi) is 7.75. The molecule has 3 unspecified atom stereocenters. The van der Waals surface area contributed by atoms with E-state index in [-0.39, 0.29) is 4.77 Å². The fourth-order valence-corrected chi connectivity index (χ4v) is 5.75. The van der Waals surface area contributed by atoms with Crippen molar-refractivity contribution in [1.29, 1.82) is 0 Å². The van der Waals surface area contributed by atoms with Crippen LogP contribution in [0.15, 0.2) is 11.0 Å². The molecule has 172 valence electrons. The van der Waals surface area contributed by atoms with Crippen molar-refractivity contribution in [3.05, 3.63) is 27.1 Å². The van der Waals surface area contributed by atoms with E-state index in [0.29, 0.717) is 0 Å². The lowest BCUT2D eigenvalue weighted by molar-refractivity contribution is -0.0464. The lowest BCUT2D eigenvalue weighted by atomic mass is 10.0. The standard InChI is InChI=1S/C10H16FN2O13P3S/c1-4-7(14)6(24-9(4)13-2-5(11)8(15)12-10(13)30)3-23-28(19,20)26-29(21,22)25-27(16,17)18/h2,4,6-7,9,14H,3H2,1H3,(H,19,20)(H,21,22)(H,12,15,30)(H2,16,17,18)/t4-,6+,7?,9+/m0/s1. The zero-order valence-electron chi connectivity index (χ0n) is 14.7. The minimum atomic E-state index is -5.70. The zero-order valence-corrected chi connectivity index (χ0v) is 18.2. The van der Waals surface area contributed by atoms with Crippen LogP contribution < -0.4 is 5.56 Å². The van der Waals surface area contributed by atoms with Crippen molar-refractivity contribution in [3.8, 4) is 0 Å². The summed E-state index contributed by atoms with van der Waals surface area (Å²) >= 11 is 4.90. The lowest BCUT2D eigenvalue weighted by Gasteiger charge is -2.19. The summed E-state index contributed by atoms with van der Waals surface area (Å²) in [6, 6.07) is 0. The molecule has 0 radical (unpaired) electrons. The van der Waals surface area contributed by atoms with Crippen LogP contribution in [0.25, 0.3) is 0 Å². The van der Waals surface area contributed by atoms with Gasteiger partial charge in [-0.05, 0) is 12.2 Å². The third-order valence-electron chi connectivity index (χ3n) is 3.70. The average Bonchev–Trinajstić information content (AvgIpc) is 2.81. The van der Waals surface area contributed by atoms with Gasteiger partial charge in [0.1, 0.15) is 12.3 Å². The van der Waals surface area contributed by atoms with Crippen LogP contribution in [-0.2, 0) is 31.6 Å². The van der Waals surface area contributed by atoms with Crippen LogP contribution in [0.2, 0.25) is 0 Å². The first-order valence-electron chi connectivity index (χ1n) is 7.64. The van der Waals surface area contributed by atoms with Gasteiger partial charge >= 0.3 is 23.5 Å². The number of halogens is 1. The second-order valence-electron chi connectivity index (χ2n) is 5.95. The fraction of sp³-hybridized carbons (Fsp3) is 0.600. The van der Waals surface area contributed by atoms with Crippen molar-refractivity contribution in [1.82, 2.24) is 9.55 Å². The highest BCUT2D eigenvalue weighted by atomic mass is 32.1.